The smallest absolute Gasteiger partial charge is 0.366 e. The maximum Gasteiger partial charge on any atom is 0.366 e. The largest absolute Gasteiger partial charge is 0.386 e. The second-order valence-corrected chi connectivity index (χ2v) is 9.22. The number of ether oxygens (including phenoxy) is 1. The molecule has 2 rings (SSSR count). The zero-order chi connectivity index (χ0) is 20.6. The molecule has 0 aromatic carbocycles. The molecular formula is C12H16FN3O9P2. The Balaban J connectivity index is 2.21. The zero-order valence-corrected chi connectivity index (χ0v) is 15.2. The van der Waals surface area contributed by atoms with Crippen LogP contribution in [0.3, 0.4) is 0 Å². The fourth-order valence-electron chi connectivity index (χ4n) is 2.17. The molecule has 1 aromatic heterocycles. The number of anilines is 1. The highest BCUT2D eigenvalue weighted by Gasteiger charge is 2.43. The number of hydrogen-bond donors (Lipinski definition) is 5. The molecule has 0 spiro atoms. The van der Waals surface area contributed by atoms with Gasteiger partial charge in [-0.3, -0.25) is 13.7 Å². The van der Waals surface area contributed by atoms with Crippen LogP contribution >= 0.6 is 15.2 Å². The van der Waals surface area contributed by atoms with E-state index in [-0.39, 0.29) is 12.1 Å². The van der Waals surface area contributed by atoms with E-state index >= 15 is 0 Å². The van der Waals surface area contributed by atoms with E-state index in [1.54, 1.807) is 0 Å². The number of aliphatic hydroxyl groups excluding tert-OH is 1. The maximum atomic E-state index is 13.2. The molecule has 0 bridgehead atoms. The highest BCUT2D eigenvalue weighted by molar-refractivity contribution is 7.77. The van der Waals surface area contributed by atoms with Crippen molar-refractivity contribution in [2.45, 2.75) is 18.4 Å². The summed E-state index contributed by atoms with van der Waals surface area (Å²) in [7, 11) is -10.1. The Morgan fingerprint density at radius 2 is 2.11 bits per heavy atom. The molecule has 150 valence electrons. The maximum absolute atomic E-state index is 13.2. The minimum absolute atomic E-state index is 0.00869. The van der Waals surface area contributed by atoms with Crippen LogP contribution in [0.2, 0.25) is 0 Å². The highest BCUT2D eigenvalue weighted by atomic mass is 31.2. The first kappa shape index (κ1) is 21.6. The number of nitrogens with zero attached hydrogens (tertiary/aromatic N) is 2. The molecule has 4 atom stereocenters. The van der Waals surface area contributed by atoms with E-state index in [9.17, 15) is 28.3 Å². The van der Waals surface area contributed by atoms with Crippen molar-refractivity contribution in [2.75, 3.05) is 12.3 Å². The first-order chi connectivity index (χ1) is 12.4. The minimum Gasteiger partial charge on any atom is -0.386 e. The van der Waals surface area contributed by atoms with Crippen LogP contribution in [0.4, 0.5) is 10.2 Å². The van der Waals surface area contributed by atoms with Crippen LogP contribution in [0.5, 0.6) is 0 Å². The third-order valence-corrected chi connectivity index (χ3v) is 6.95. The van der Waals surface area contributed by atoms with E-state index in [1.165, 1.54) is 6.07 Å². The van der Waals surface area contributed by atoms with Crippen molar-refractivity contribution in [3.63, 3.8) is 0 Å². The summed E-state index contributed by atoms with van der Waals surface area (Å²) in [5.41, 5.74) is 4.04. The third-order valence-electron chi connectivity index (χ3n) is 3.59. The Hall–Kier alpha value is -1.69. The van der Waals surface area contributed by atoms with Crippen molar-refractivity contribution < 1.29 is 42.6 Å². The molecule has 1 aliphatic heterocycles. The lowest BCUT2D eigenvalue weighted by Crippen LogP contribution is -2.28. The quantitative estimate of drug-likeness (QED) is 0.377. The lowest BCUT2D eigenvalue weighted by atomic mass is 10.1. The summed E-state index contributed by atoms with van der Waals surface area (Å²) in [4.78, 5) is 42.7. The molecule has 1 aromatic rings. The number of halogens is 1. The van der Waals surface area contributed by atoms with E-state index < -0.39 is 56.6 Å². The summed E-state index contributed by atoms with van der Waals surface area (Å²) in [6.07, 6.45) is -3.44. The summed E-state index contributed by atoms with van der Waals surface area (Å²) in [6, 6.07) is 1.22. The summed E-state index contributed by atoms with van der Waals surface area (Å²) in [6.45, 7) is 1.97. The summed E-state index contributed by atoms with van der Waals surface area (Å²) < 4.78 is 46.7. The molecule has 1 unspecified atom stereocenters. The topological polar surface area (TPSA) is 194 Å². The van der Waals surface area contributed by atoms with Gasteiger partial charge in [0.2, 0.25) is 0 Å². The molecule has 2 heterocycles. The molecule has 1 fully saturated rings. The lowest BCUT2D eigenvalue weighted by Gasteiger charge is -2.19. The van der Waals surface area contributed by atoms with Gasteiger partial charge in [0.05, 0.1) is 12.9 Å². The first-order valence-corrected chi connectivity index (χ1v) is 10.3. The Bertz CT molecular complexity index is 927. The number of hydrogen-bond acceptors (Lipinski definition) is 8. The van der Waals surface area contributed by atoms with Crippen LogP contribution in [-0.2, 0) is 18.4 Å². The van der Waals surface area contributed by atoms with Crippen LogP contribution < -0.4 is 11.4 Å². The molecule has 12 nitrogen and oxygen atoms in total. The molecule has 0 radical (unpaired) electrons. The average molecular weight is 427 g/mol. The van der Waals surface area contributed by atoms with Gasteiger partial charge in [-0.05, 0) is 6.07 Å². The predicted molar refractivity (Wildman–Crippen MR) is 89.0 cm³/mol. The van der Waals surface area contributed by atoms with E-state index in [0.29, 0.717) is 0 Å². The van der Waals surface area contributed by atoms with Gasteiger partial charge < -0.3 is 34.8 Å². The van der Waals surface area contributed by atoms with Crippen molar-refractivity contribution in [1.29, 1.82) is 0 Å². The van der Waals surface area contributed by atoms with Gasteiger partial charge in [0.25, 0.3) is 0 Å². The molecule has 15 heteroatoms. The molecule has 0 saturated carbocycles. The fraction of sp³-hybridized carbons (Fsp3) is 0.333. The van der Waals surface area contributed by atoms with E-state index in [1.807, 2.05) is 0 Å². The van der Waals surface area contributed by atoms with Crippen molar-refractivity contribution in [3.8, 4) is 0 Å². The highest BCUT2D eigenvalue weighted by Crippen LogP contribution is 2.65. The second kappa shape index (κ2) is 7.74. The number of aliphatic hydroxyl groups is 1. The van der Waals surface area contributed by atoms with Gasteiger partial charge in [-0.1, -0.05) is 6.58 Å². The summed E-state index contributed by atoms with van der Waals surface area (Å²) >= 11 is 0. The standard InChI is InChI=1S/C12H16FN3O9P2/c1-6(26(19,20)21)27(22,23)24-5-8-10(17)7(4-13)11(25-8)16-3-2-9(14)15-12(16)18/h2-4,8,10-11,17H,1,5H2,(H,22,23)(H2,14,15,18)(H2,19,20,21)/b7-4+/t8-,10+,11-/m1/s1. The van der Waals surface area contributed by atoms with Crippen LogP contribution in [0.1, 0.15) is 6.23 Å². The number of aromatic nitrogens is 2. The van der Waals surface area contributed by atoms with Gasteiger partial charge in [0.15, 0.2) is 6.23 Å². The normalized spacial score (nSPS) is 26.9. The van der Waals surface area contributed by atoms with Gasteiger partial charge in [-0.2, -0.15) is 4.98 Å². The van der Waals surface area contributed by atoms with Crippen LogP contribution in [0, 0.1) is 0 Å². The minimum atomic E-state index is -5.12. The Morgan fingerprint density at radius 3 is 2.63 bits per heavy atom. The molecule has 0 aliphatic carbocycles. The van der Waals surface area contributed by atoms with Crippen LogP contribution in [0.15, 0.2) is 40.6 Å². The Kier molecular flexibility index (Phi) is 6.19. The van der Waals surface area contributed by atoms with Crippen molar-refractivity contribution in [1.82, 2.24) is 9.55 Å². The van der Waals surface area contributed by atoms with Gasteiger partial charge in [0.1, 0.15) is 23.1 Å². The lowest BCUT2D eigenvalue weighted by molar-refractivity contribution is -0.0408. The van der Waals surface area contributed by atoms with E-state index in [0.717, 1.165) is 10.8 Å². The molecule has 1 aliphatic rings. The summed E-state index contributed by atoms with van der Waals surface area (Å²) in [5.74, 6) is -0.0994. The first-order valence-electron chi connectivity index (χ1n) is 7.09. The van der Waals surface area contributed by atoms with Gasteiger partial charge in [-0.25, -0.2) is 9.18 Å². The second-order valence-electron chi connectivity index (χ2n) is 5.40. The van der Waals surface area contributed by atoms with Gasteiger partial charge >= 0.3 is 20.9 Å². The van der Waals surface area contributed by atoms with Crippen molar-refractivity contribution in [3.05, 3.63) is 46.3 Å². The van der Waals surface area contributed by atoms with Crippen LogP contribution in [-0.4, -0.2) is 48.2 Å². The van der Waals surface area contributed by atoms with Crippen molar-refractivity contribution >= 4 is 21.0 Å². The van der Waals surface area contributed by atoms with E-state index in [2.05, 4.69) is 16.1 Å². The van der Waals surface area contributed by atoms with Crippen LogP contribution in [0.25, 0.3) is 0 Å². The molecular weight excluding hydrogens is 411 g/mol. The van der Waals surface area contributed by atoms with Gasteiger partial charge in [-0.15, -0.1) is 0 Å². The van der Waals surface area contributed by atoms with Crippen molar-refractivity contribution in [2.24, 2.45) is 0 Å². The molecule has 0 amide bonds. The number of nitrogen functional groups attached to an aromatic ring is 1. The van der Waals surface area contributed by atoms with E-state index in [4.69, 9.17) is 20.3 Å². The monoisotopic (exact) mass is 427 g/mol. The van der Waals surface area contributed by atoms with Gasteiger partial charge in [0, 0.05) is 11.8 Å². The fourth-order valence-corrected chi connectivity index (χ4v) is 4.16. The predicted octanol–water partition coefficient (Wildman–Crippen LogP) is -0.212. The third kappa shape index (κ3) is 4.60. The Labute approximate surface area is 151 Å². The Morgan fingerprint density at radius 1 is 1.48 bits per heavy atom. The average Bonchev–Trinajstić information content (AvgIpc) is 2.87. The zero-order valence-electron chi connectivity index (χ0n) is 13.5. The molecule has 6 N–H and O–H groups in total. The SMILES string of the molecule is C=C(P(=O)(O)O)P(=O)(O)OC[C@H]1O[C@@H](n2ccc(N)nc2=O)/C(=C/F)[C@@H]1O. The molecule has 1 saturated heterocycles. The number of nitrogens with two attached hydrogens (primary N) is 1. The number of rotatable bonds is 6. The molecule has 27 heavy (non-hydrogen) atoms. The summed E-state index contributed by atoms with van der Waals surface area (Å²) in [5, 5.41) is 8.75.